The Kier molecular flexibility index (Phi) is 6.29. The number of hydrogen-bond donors (Lipinski definition) is 1. The summed E-state index contributed by atoms with van der Waals surface area (Å²) in [6.45, 7) is 1.52. The quantitative estimate of drug-likeness (QED) is 0.629. The minimum Gasteiger partial charge on any atom is -0.370 e. The van der Waals surface area contributed by atoms with Gasteiger partial charge in [0.1, 0.15) is 0 Å². The predicted octanol–water partition coefficient (Wildman–Crippen LogP) is 6.00. The second-order valence-corrected chi connectivity index (χ2v) is 7.09. The summed E-state index contributed by atoms with van der Waals surface area (Å²) < 4.78 is 39.4. The number of hydrogen-bond acceptors (Lipinski definition) is 2. The minimum absolute atomic E-state index is 0.169. The molecule has 0 unspecified atom stereocenters. The molecule has 3 rings (SSSR count). The standard InChI is InChI=1S/C21H20ClF3N2O/c22-17-8-4-15(5-9-17)6-11-20(28)26-18-14-16(21(23,24)25)7-10-19(18)27-12-2-1-3-13-27/h4-11,14H,1-3,12-13H2,(H,26,28). The number of alkyl halides is 3. The molecule has 0 aliphatic carbocycles. The van der Waals surface area contributed by atoms with Crippen LogP contribution in [0.2, 0.25) is 5.02 Å². The molecule has 0 spiro atoms. The average Bonchev–Trinajstić information content (AvgIpc) is 2.67. The Morgan fingerprint density at radius 1 is 1.04 bits per heavy atom. The summed E-state index contributed by atoms with van der Waals surface area (Å²) >= 11 is 5.82. The van der Waals surface area contributed by atoms with Gasteiger partial charge in [0, 0.05) is 24.2 Å². The lowest BCUT2D eigenvalue weighted by Gasteiger charge is -2.31. The molecule has 148 valence electrons. The Balaban J connectivity index is 1.82. The van der Waals surface area contributed by atoms with Gasteiger partial charge in [-0.1, -0.05) is 23.7 Å². The smallest absolute Gasteiger partial charge is 0.370 e. The van der Waals surface area contributed by atoms with Crippen molar-refractivity contribution in [2.24, 2.45) is 0 Å². The maximum Gasteiger partial charge on any atom is 0.416 e. The van der Waals surface area contributed by atoms with Gasteiger partial charge in [0.15, 0.2) is 0 Å². The molecule has 1 N–H and O–H groups in total. The van der Waals surface area contributed by atoms with Crippen LogP contribution in [0.5, 0.6) is 0 Å². The fourth-order valence-corrected chi connectivity index (χ4v) is 3.27. The maximum absolute atomic E-state index is 13.1. The average molecular weight is 409 g/mol. The SMILES string of the molecule is O=C(C=Cc1ccc(Cl)cc1)Nc1cc(C(F)(F)F)ccc1N1CCCCC1. The number of nitrogens with one attached hydrogen (secondary N) is 1. The van der Waals surface area contributed by atoms with Crippen LogP contribution in [-0.4, -0.2) is 19.0 Å². The first-order valence-corrected chi connectivity index (χ1v) is 9.41. The molecule has 1 aliphatic rings. The zero-order valence-corrected chi connectivity index (χ0v) is 15.9. The summed E-state index contributed by atoms with van der Waals surface area (Å²) in [6, 6.07) is 10.4. The molecular weight excluding hydrogens is 389 g/mol. The molecule has 2 aromatic carbocycles. The third kappa shape index (κ3) is 5.29. The largest absolute Gasteiger partial charge is 0.416 e. The molecule has 3 nitrogen and oxygen atoms in total. The van der Waals surface area contributed by atoms with E-state index in [1.807, 2.05) is 4.90 Å². The summed E-state index contributed by atoms with van der Waals surface area (Å²) in [4.78, 5) is 14.3. The number of halogens is 4. The van der Waals surface area contributed by atoms with Gasteiger partial charge in [-0.2, -0.15) is 13.2 Å². The first kappa shape index (κ1) is 20.3. The molecule has 28 heavy (non-hydrogen) atoms. The molecule has 1 heterocycles. The lowest BCUT2D eigenvalue weighted by Crippen LogP contribution is -2.30. The molecule has 0 atom stereocenters. The molecule has 0 bridgehead atoms. The molecule has 1 aliphatic heterocycles. The highest BCUT2D eigenvalue weighted by molar-refractivity contribution is 6.30. The van der Waals surface area contributed by atoms with Gasteiger partial charge in [0.05, 0.1) is 16.9 Å². The van der Waals surface area contributed by atoms with Crippen LogP contribution in [0.25, 0.3) is 6.08 Å². The van der Waals surface area contributed by atoms with Gasteiger partial charge in [-0.05, 0) is 61.2 Å². The number of anilines is 2. The van der Waals surface area contributed by atoms with Gasteiger partial charge in [-0.25, -0.2) is 0 Å². The molecule has 0 aromatic heterocycles. The zero-order chi connectivity index (χ0) is 20.1. The van der Waals surface area contributed by atoms with Crippen LogP contribution in [0.1, 0.15) is 30.4 Å². The van der Waals surface area contributed by atoms with Crippen LogP contribution in [0.3, 0.4) is 0 Å². The van der Waals surface area contributed by atoms with Gasteiger partial charge in [0.25, 0.3) is 0 Å². The normalized spacial score (nSPS) is 15.1. The highest BCUT2D eigenvalue weighted by atomic mass is 35.5. The lowest BCUT2D eigenvalue weighted by atomic mass is 10.1. The Labute approximate surface area is 166 Å². The lowest BCUT2D eigenvalue weighted by molar-refractivity contribution is -0.137. The van der Waals surface area contributed by atoms with Gasteiger partial charge in [-0.15, -0.1) is 0 Å². The van der Waals surface area contributed by atoms with Crippen LogP contribution in [0.15, 0.2) is 48.5 Å². The van der Waals surface area contributed by atoms with Crippen LogP contribution in [0, 0.1) is 0 Å². The molecule has 2 aromatic rings. The van der Waals surface area contributed by atoms with Crippen LogP contribution < -0.4 is 10.2 Å². The number of benzene rings is 2. The molecular formula is C21H20ClF3N2O. The van der Waals surface area contributed by atoms with Crippen molar-refractivity contribution >= 4 is 35.0 Å². The van der Waals surface area contributed by atoms with Crippen LogP contribution in [-0.2, 0) is 11.0 Å². The van der Waals surface area contributed by atoms with Crippen molar-refractivity contribution in [1.82, 2.24) is 0 Å². The Morgan fingerprint density at radius 2 is 1.71 bits per heavy atom. The van der Waals surface area contributed by atoms with Crippen molar-refractivity contribution in [1.29, 1.82) is 0 Å². The van der Waals surface area contributed by atoms with E-state index in [2.05, 4.69) is 5.32 Å². The first-order chi connectivity index (χ1) is 13.3. The third-order valence-electron chi connectivity index (χ3n) is 4.58. The van der Waals surface area contributed by atoms with Gasteiger partial charge in [-0.3, -0.25) is 4.79 Å². The Hall–Kier alpha value is -2.47. The summed E-state index contributed by atoms with van der Waals surface area (Å²) in [5.74, 6) is -0.493. The Bertz CT molecular complexity index is 857. The van der Waals surface area contributed by atoms with Crippen molar-refractivity contribution in [2.75, 3.05) is 23.3 Å². The van der Waals surface area contributed by atoms with E-state index >= 15 is 0 Å². The van der Waals surface area contributed by atoms with Crippen LogP contribution in [0.4, 0.5) is 24.5 Å². The summed E-state index contributed by atoms with van der Waals surface area (Å²) in [6.07, 6.45) is 1.46. The number of carbonyl (C=O) groups excluding carboxylic acids is 1. The van der Waals surface area contributed by atoms with E-state index in [4.69, 9.17) is 11.6 Å². The van der Waals surface area contributed by atoms with E-state index in [1.54, 1.807) is 30.3 Å². The number of carbonyl (C=O) groups is 1. The molecule has 0 saturated carbocycles. The van der Waals surface area contributed by atoms with Crippen LogP contribution >= 0.6 is 11.6 Å². The maximum atomic E-state index is 13.1. The highest BCUT2D eigenvalue weighted by Gasteiger charge is 2.31. The van der Waals surface area contributed by atoms with Crippen molar-refractivity contribution in [3.63, 3.8) is 0 Å². The summed E-state index contributed by atoms with van der Waals surface area (Å²) in [7, 11) is 0. The second kappa shape index (κ2) is 8.69. The molecule has 1 saturated heterocycles. The van der Waals surface area contributed by atoms with E-state index in [0.717, 1.165) is 50.0 Å². The fourth-order valence-electron chi connectivity index (χ4n) is 3.14. The monoisotopic (exact) mass is 408 g/mol. The van der Waals surface area contributed by atoms with Crippen molar-refractivity contribution in [2.45, 2.75) is 25.4 Å². The summed E-state index contributed by atoms with van der Waals surface area (Å²) in [5, 5.41) is 3.19. The number of nitrogens with zero attached hydrogens (tertiary/aromatic N) is 1. The third-order valence-corrected chi connectivity index (χ3v) is 4.83. The zero-order valence-electron chi connectivity index (χ0n) is 15.1. The highest BCUT2D eigenvalue weighted by Crippen LogP contribution is 2.36. The second-order valence-electron chi connectivity index (χ2n) is 6.65. The van der Waals surface area contributed by atoms with E-state index in [0.29, 0.717) is 10.7 Å². The first-order valence-electron chi connectivity index (χ1n) is 9.04. The van der Waals surface area contributed by atoms with Gasteiger partial charge >= 0.3 is 6.18 Å². The molecule has 1 amide bonds. The number of rotatable bonds is 4. The van der Waals surface area contributed by atoms with Gasteiger partial charge < -0.3 is 10.2 Å². The fraction of sp³-hybridized carbons (Fsp3) is 0.286. The van der Waals surface area contributed by atoms with E-state index in [1.165, 1.54) is 12.1 Å². The number of amides is 1. The van der Waals surface area contributed by atoms with Crippen molar-refractivity contribution in [3.05, 3.63) is 64.7 Å². The molecule has 1 fully saturated rings. The van der Waals surface area contributed by atoms with Gasteiger partial charge in [0.2, 0.25) is 5.91 Å². The van der Waals surface area contributed by atoms with E-state index in [9.17, 15) is 18.0 Å². The molecule has 0 radical (unpaired) electrons. The number of piperidine rings is 1. The molecule has 7 heteroatoms. The summed E-state index contributed by atoms with van der Waals surface area (Å²) in [5.41, 5.74) is 0.758. The predicted molar refractivity (Wildman–Crippen MR) is 107 cm³/mol. The van der Waals surface area contributed by atoms with E-state index in [-0.39, 0.29) is 5.69 Å². The Morgan fingerprint density at radius 3 is 2.36 bits per heavy atom. The van der Waals surface area contributed by atoms with Crippen molar-refractivity contribution < 1.29 is 18.0 Å². The van der Waals surface area contributed by atoms with Crippen molar-refractivity contribution in [3.8, 4) is 0 Å². The minimum atomic E-state index is -4.47. The van der Waals surface area contributed by atoms with E-state index < -0.39 is 17.6 Å². The topological polar surface area (TPSA) is 32.3 Å².